The highest BCUT2D eigenvalue weighted by Crippen LogP contribution is 2.23. The van der Waals surface area contributed by atoms with Gasteiger partial charge in [0.15, 0.2) is 21.5 Å². The van der Waals surface area contributed by atoms with Crippen LogP contribution in [0.1, 0.15) is 19.5 Å². The molecule has 8 nitrogen and oxygen atoms in total. The number of benzene rings is 2. The maximum atomic E-state index is 13.1. The number of hydrogen-bond donors (Lipinski definition) is 2. The summed E-state index contributed by atoms with van der Waals surface area (Å²) in [5.74, 6) is 1.14. The van der Waals surface area contributed by atoms with Crippen molar-refractivity contribution >= 4 is 32.2 Å². The summed E-state index contributed by atoms with van der Waals surface area (Å²) in [4.78, 5) is 13.3. The Hall–Kier alpha value is -3.46. The van der Waals surface area contributed by atoms with Crippen molar-refractivity contribution in [3.05, 3.63) is 70.6 Å². The second kappa shape index (κ2) is 7.99. The van der Waals surface area contributed by atoms with Crippen molar-refractivity contribution in [2.45, 2.75) is 25.7 Å². The van der Waals surface area contributed by atoms with Gasteiger partial charge in [0.2, 0.25) is 0 Å². The quantitative estimate of drug-likeness (QED) is 0.477. The Morgan fingerprint density at radius 3 is 2.35 bits per heavy atom. The number of fused-ring (bicyclic) bond motifs is 1. The fourth-order valence-electron chi connectivity index (χ4n) is 3.39. The molecular weight excluding hydrogens is 414 g/mol. The van der Waals surface area contributed by atoms with Gasteiger partial charge in [0.1, 0.15) is 0 Å². The van der Waals surface area contributed by atoms with E-state index in [2.05, 4.69) is 20.6 Å². The molecule has 2 heterocycles. The van der Waals surface area contributed by atoms with Crippen molar-refractivity contribution in [1.82, 2.24) is 20.0 Å². The highest BCUT2D eigenvalue weighted by Gasteiger charge is 2.17. The van der Waals surface area contributed by atoms with Gasteiger partial charge in [0.25, 0.3) is 5.56 Å². The standard InChI is InChI=1S/C22H23N5O3S/c1-14(2)13-31(29,30)17-10-8-16(9-11-17)27-22(28)19-7-5-4-6-18(19)21(26-27)23-20-12-15(3)24-25-20/h4-12,14H,13H2,1-3H3,(H2,23,24,25,26). The molecule has 0 aliphatic carbocycles. The van der Waals surface area contributed by atoms with Gasteiger partial charge in [-0.15, -0.1) is 5.10 Å². The predicted molar refractivity (Wildman–Crippen MR) is 121 cm³/mol. The average Bonchev–Trinajstić information content (AvgIpc) is 3.14. The van der Waals surface area contributed by atoms with Crippen molar-refractivity contribution in [3.8, 4) is 5.69 Å². The molecular formula is C22H23N5O3S. The number of rotatable bonds is 6. The number of anilines is 2. The van der Waals surface area contributed by atoms with Crippen molar-refractivity contribution in [3.63, 3.8) is 0 Å². The monoisotopic (exact) mass is 437 g/mol. The molecule has 0 saturated heterocycles. The molecule has 0 unspecified atom stereocenters. The molecule has 0 fully saturated rings. The SMILES string of the molecule is Cc1cc(Nc2nn(-c3ccc(S(=O)(=O)CC(C)C)cc3)c(=O)c3ccccc23)n[nH]1. The van der Waals surface area contributed by atoms with E-state index in [4.69, 9.17) is 0 Å². The molecule has 0 aliphatic rings. The predicted octanol–water partition coefficient (Wildman–Crippen LogP) is 3.59. The highest BCUT2D eigenvalue weighted by atomic mass is 32.2. The molecule has 0 aliphatic heterocycles. The zero-order valence-corrected chi connectivity index (χ0v) is 18.3. The summed E-state index contributed by atoms with van der Waals surface area (Å²) in [6.07, 6.45) is 0. The number of nitrogens with zero attached hydrogens (tertiary/aromatic N) is 3. The van der Waals surface area contributed by atoms with E-state index in [0.29, 0.717) is 28.1 Å². The molecule has 2 N–H and O–H groups in total. The molecule has 0 atom stereocenters. The van der Waals surface area contributed by atoms with Gasteiger partial charge in [-0.3, -0.25) is 9.89 Å². The van der Waals surface area contributed by atoms with Crippen LogP contribution in [0.3, 0.4) is 0 Å². The molecule has 160 valence electrons. The fraction of sp³-hybridized carbons (Fsp3) is 0.227. The molecule has 0 radical (unpaired) electrons. The van der Waals surface area contributed by atoms with Gasteiger partial charge in [-0.2, -0.15) is 9.78 Å². The number of H-pyrrole nitrogens is 1. The molecule has 0 spiro atoms. The van der Waals surface area contributed by atoms with Gasteiger partial charge >= 0.3 is 0 Å². The van der Waals surface area contributed by atoms with Crippen molar-refractivity contribution in [1.29, 1.82) is 0 Å². The summed E-state index contributed by atoms with van der Waals surface area (Å²) in [5, 5.41) is 15.9. The summed E-state index contributed by atoms with van der Waals surface area (Å²) >= 11 is 0. The van der Waals surface area contributed by atoms with Crippen LogP contribution in [0, 0.1) is 12.8 Å². The summed E-state index contributed by atoms with van der Waals surface area (Å²) in [5.41, 5.74) is 1.07. The summed E-state index contributed by atoms with van der Waals surface area (Å²) in [6, 6.07) is 15.2. The molecule has 9 heteroatoms. The van der Waals surface area contributed by atoms with E-state index in [-0.39, 0.29) is 22.1 Å². The molecule has 0 amide bonds. The summed E-state index contributed by atoms with van der Waals surface area (Å²) in [6.45, 7) is 5.61. The van der Waals surface area contributed by atoms with E-state index in [9.17, 15) is 13.2 Å². The topological polar surface area (TPSA) is 110 Å². The van der Waals surface area contributed by atoms with E-state index in [0.717, 1.165) is 5.69 Å². The van der Waals surface area contributed by atoms with Crippen LogP contribution in [0.15, 0.2) is 64.3 Å². The molecule has 2 aromatic heterocycles. The minimum atomic E-state index is -3.38. The minimum Gasteiger partial charge on any atom is -0.321 e. The van der Waals surface area contributed by atoms with Crippen LogP contribution in [-0.2, 0) is 9.84 Å². The fourth-order valence-corrected chi connectivity index (χ4v) is 5.01. The first-order valence-corrected chi connectivity index (χ1v) is 11.5. The third-order valence-electron chi connectivity index (χ3n) is 4.75. The third kappa shape index (κ3) is 4.22. The smallest absolute Gasteiger partial charge is 0.279 e. The van der Waals surface area contributed by atoms with Crippen LogP contribution in [-0.4, -0.2) is 34.1 Å². The van der Waals surface area contributed by atoms with Crippen molar-refractivity contribution in [2.75, 3.05) is 11.1 Å². The average molecular weight is 438 g/mol. The zero-order chi connectivity index (χ0) is 22.2. The number of hydrogen-bond acceptors (Lipinski definition) is 6. The summed E-state index contributed by atoms with van der Waals surface area (Å²) < 4.78 is 26.2. The number of aryl methyl sites for hydroxylation is 1. The highest BCUT2D eigenvalue weighted by molar-refractivity contribution is 7.91. The van der Waals surface area contributed by atoms with E-state index in [1.807, 2.05) is 39.0 Å². The molecule has 0 saturated carbocycles. The lowest BCUT2D eigenvalue weighted by molar-refractivity contribution is 0.582. The van der Waals surface area contributed by atoms with Crippen LogP contribution in [0.2, 0.25) is 0 Å². The van der Waals surface area contributed by atoms with Crippen LogP contribution in [0.25, 0.3) is 16.5 Å². The van der Waals surface area contributed by atoms with Crippen LogP contribution >= 0.6 is 0 Å². The molecule has 2 aromatic carbocycles. The van der Waals surface area contributed by atoms with Gasteiger partial charge in [-0.1, -0.05) is 32.0 Å². The first-order chi connectivity index (χ1) is 14.7. The minimum absolute atomic E-state index is 0.0220. The molecule has 31 heavy (non-hydrogen) atoms. The van der Waals surface area contributed by atoms with Gasteiger partial charge < -0.3 is 5.32 Å². The van der Waals surface area contributed by atoms with E-state index < -0.39 is 9.84 Å². The Kier molecular flexibility index (Phi) is 5.36. The van der Waals surface area contributed by atoms with Crippen molar-refractivity contribution < 1.29 is 8.42 Å². The van der Waals surface area contributed by atoms with Crippen LogP contribution in [0.5, 0.6) is 0 Å². The Balaban J connectivity index is 1.80. The number of nitrogens with one attached hydrogen (secondary N) is 2. The second-order valence-electron chi connectivity index (χ2n) is 7.84. The maximum Gasteiger partial charge on any atom is 0.279 e. The lowest BCUT2D eigenvalue weighted by Crippen LogP contribution is -2.22. The Morgan fingerprint density at radius 2 is 1.74 bits per heavy atom. The van der Waals surface area contributed by atoms with Gasteiger partial charge in [-0.25, -0.2) is 8.42 Å². The normalized spacial score (nSPS) is 11.9. The number of sulfone groups is 1. The largest absolute Gasteiger partial charge is 0.321 e. The van der Waals surface area contributed by atoms with E-state index >= 15 is 0 Å². The lowest BCUT2D eigenvalue weighted by Gasteiger charge is -2.12. The van der Waals surface area contributed by atoms with Gasteiger partial charge in [0, 0.05) is 17.1 Å². The third-order valence-corrected chi connectivity index (χ3v) is 6.85. The lowest BCUT2D eigenvalue weighted by atomic mass is 10.2. The number of aromatic nitrogens is 4. The van der Waals surface area contributed by atoms with E-state index in [1.165, 1.54) is 16.8 Å². The number of aromatic amines is 1. The Bertz CT molecular complexity index is 1400. The van der Waals surface area contributed by atoms with Crippen molar-refractivity contribution in [2.24, 2.45) is 5.92 Å². The first-order valence-electron chi connectivity index (χ1n) is 9.89. The maximum absolute atomic E-state index is 13.1. The molecule has 0 bridgehead atoms. The molecule has 4 aromatic rings. The Labute approximate surface area is 179 Å². The molecule has 4 rings (SSSR count). The second-order valence-corrected chi connectivity index (χ2v) is 9.88. The van der Waals surface area contributed by atoms with E-state index in [1.54, 1.807) is 24.3 Å². The Morgan fingerprint density at radius 1 is 1.06 bits per heavy atom. The summed E-state index contributed by atoms with van der Waals surface area (Å²) in [7, 11) is -3.38. The van der Waals surface area contributed by atoms with Gasteiger partial charge in [0.05, 0.1) is 21.7 Å². The first kappa shape index (κ1) is 20.8. The van der Waals surface area contributed by atoms with Crippen LogP contribution < -0.4 is 10.9 Å². The van der Waals surface area contributed by atoms with Gasteiger partial charge in [-0.05, 0) is 43.2 Å². The zero-order valence-electron chi connectivity index (χ0n) is 17.5. The van der Waals surface area contributed by atoms with Crippen LogP contribution in [0.4, 0.5) is 11.6 Å².